The van der Waals surface area contributed by atoms with Crippen LogP contribution >= 0.6 is 0 Å². The Labute approximate surface area is 87.3 Å². The first-order valence-corrected chi connectivity index (χ1v) is 4.43. The molecule has 80 valence electrons. The van der Waals surface area contributed by atoms with Crippen LogP contribution < -0.4 is 5.73 Å². The van der Waals surface area contributed by atoms with E-state index in [0.717, 1.165) is 6.07 Å². The molecule has 1 aromatic carbocycles. The van der Waals surface area contributed by atoms with Gasteiger partial charge < -0.3 is 10.5 Å². The quantitative estimate of drug-likeness (QED) is 0.769. The van der Waals surface area contributed by atoms with E-state index in [9.17, 15) is 9.18 Å². The van der Waals surface area contributed by atoms with E-state index < -0.39 is 11.8 Å². The molecule has 0 aliphatic heterocycles. The predicted molar refractivity (Wildman–Crippen MR) is 55.8 cm³/mol. The van der Waals surface area contributed by atoms with Gasteiger partial charge in [0.2, 0.25) is 0 Å². The van der Waals surface area contributed by atoms with Crippen molar-refractivity contribution in [1.82, 2.24) is 0 Å². The fraction of sp³-hybridized carbons (Fsp3) is 0.182. The maximum absolute atomic E-state index is 13.4. The van der Waals surface area contributed by atoms with Crippen LogP contribution in [0.25, 0.3) is 6.08 Å². The fourth-order valence-electron chi connectivity index (χ4n) is 1.10. The number of esters is 1. The van der Waals surface area contributed by atoms with E-state index in [4.69, 9.17) is 5.73 Å². The topological polar surface area (TPSA) is 52.3 Å². The Morgan fingerprint density at radius 2 is 2.33 bits per heavy atom. The summed E-state index contributed by atoms with van der Waals surface area (Å²) in [7, 11) is 1.25. The van der Waals surface area contributed by atoms with Crippen LogP contribution in [0.2, 0.25) is 0 Å². The van der Waals surface area contributed by atoms with Crippen molar-refractivity contribution < 1.29 is 13.9 Å². The number of rotatable bonds is 3. The molecule has 0 radical (unpaired) electrons. The molecule has 4 heteroatoms. The zero-order chi connectivity index (χ0) is 11.3. The van der Waals surface area contributed by atoms with Gasteiger partial charge in [0.1, 0.15) is 5.82 Å². The predicted octanol–water partition coefficient (Wildman–Crippen LogP) is 1.58. The van der Waals surface area contributed by atoms with Gasteiger partial charge in [-0.2, -0.15) is 0 Å². The van der Waals surface area contributed by atoms with Gasteiger partial charge in [0.25, 0.3) is 0 Å². The summed E-state index contributed by atoms with van der Waals surface area (Å²) in [6.45, 7) is 0.345. The molecule has 0 heterocycles. The van der Waals surface area contributed by atoms with Crippen LogP contribution in [0, 0.1) is 5.82 Å². The Morgan fingerprint density at radius 1 is 1.60 bits per heavy atom. The van der Waals surface area contributed by atoms with Gasteiger partial charge in [-0.05, 0) is 12.1 Å². The number of carbonyl (C=O) groups excluding carboxylic acids is 1. The molecule has 0 unspecified atom stereocenters. The number of hydrogen-bond donors (Lipinski definition) is 1. The zero-order valence-corrected chi connectivity index (χ0v) is 8.37. The number of hydrogen-bond acceptors (Lipinski definition) is 3. The van der Waals surface area contributed by atoms with Crippen LogP contribution in [0.5, 0.6) is 0 Å². The van der Waals surface area contributed by atoms with Crippen molar-refractivity contribution in [3.63, 3.8) is 0 Å². The van der Waals surface area contributed by atoms with Crippen LogP contribution in [0.3, 0.4) is 0 Å². The van der Waals surface area contributed by atoms with E-state index >= 15 is 0 Å². The molecule has 3 nitrogen and oxygen atoms in total. The minimum atomic E-state index is -0.553. The number of carbonyl (C=O) groups is 1. The van der Waals surface area contributed by atoms with Crippen LogP contribution in [-0.2, 0) is 4.74 Å². The third-order valence-corrected chi connectivity index (χ3v) is 1.86. The maximum atomic E-state index is 13.4. The van der Waals surface area contributed by atoms with Gasteiger partial charge in [-0.3, -0.25) is 0 Å². The third-order valence-electron chi connectivity index (χ3n) is 1.86. The second kappa shape index (κ2) is 5.26. The van der Waals surface area contributed by atoms with Gasteiger partial charge in [-0.25, -0.2) is 9.18 Å². The van der Waals surface area contributed by atoms with Gasteiger partial charge in [0, 0.05) is 12.1 Å². The number of ether oxygens (including phenoxy) is 1. The lowest BCUT2D eigenvalue weighted by atomic mass is 10.1. The highest BCUT2D eigenvalue weighted by Gasteiger charge is 2.07. The van der Waals surface area contributed by atoms with Crippen LogP contribution in [0.1, 0.15) is 15.9 Å². The Hall–Kier alpha value is -1.68. The lowest BCUT2D eigenvalue weighted by Crippen LogP contribution is -2.02. The highest BCUT2D eigenvalue weighted by molar-refractivity contribution is 5.89. The highest BCUT2D eigenvalue weighted by Crippen LogP contribution is 2.12. The summed E-state index contributed by atoms with van der Waals surface area (Å²) in [5, 5.41) is 0. The molecule has 0 aliphatic carbocycles. The van der Waals surface area contributed by atoms with Crippen molar-refractivity contribution in [3.8, 4) is 0 Å². The second-order valence-electron chi connectivity index (χ2n) is 2.87. The third kappa shape index (κ3) is 2.89. The van der Waals surface area contributed by atoms with Gasteiger partial charge in [-0.1, -0.05) is 18.2 Å². The zero-order valence-electron chi connectivity index (χ0n) is 8.37. The van der Waals surface area contributed by atoms with Crippen molar-refractivity contribution >= 4 is 12.0 Å². The van der Waals surface area contributed by atoms with Gasteiger partial charge in [0.05, 0.1) is 12.7 Å². The van der Waals surface area contributed by atoms with E-state index in [1.807, 2.05) is 0 Å². The molecule has 15 heavy (non-hydrogen) atoms. The first-order valence-electron chi connectivity index (χ1n) is 4.43. The van der Waals surface area contributed by atoms with E-state index in [-0.39, 0.29) is 5.56 Å². The van der Waals surface area contributed by atoms with Crippen molar-refractivity contribution in [1.29, 1.82) is 0 Å². The Balaban J connectivity index is 2.98. The summed E-state index contributed by atoms with van der Waals surface area (Å²) < 4.78 is 17.8. The fourth-order valence-corrected chi connectivity index (χ4v) is 1.10. The van der Waals surface area contributed by atoms with E-state index in [1.54, 1.807) is 12.2 Å². The molecule has 0 amide bonds. The average molecular weight is 209 g/mol. The van der Waals surface area contributed by atoms with Gasteiger partial charge in [-0.15, -0.1) is 0 Å². The maximum Gasteiger partial charge on any atom is 0.337 e. The van der Waals surface area contributed by atoms with Gasteiger partial charge >= 0.3 is 5.97 Å². The minimum Gasteiger partial charge on any atom is -0.465 e. The Kier molecular flexibility index (Phi) is 4.00. The SMILES string of the molecule is COC(=O)c1ccc(/C=C/CN)c(F)c1. The molecule has 0 aromatic heterocycles. The molecule has 0 saturated carbocycles. The van der Waals surface area contributed by atoms with Crippen LogP contribution in [0.4, 0.5) is 4.39 Å². The average Bonchev–Trinajstić information content (AvgIpc) is 2.26. The molecule has 1 rings (SSSR count). The molecular weight excluding hydrogens is 197 g/mol. The Morgan fingerprint density at radius 3 is 2.87 bits per heavy atom. The van der Waals surface area contributed by atoms with E-state index in [0.29, 0.717) is 12.1 Å². The number of benzene rings is 1. The van der Waals surface area contributed by atoms with Crippen molar-refractivity contribution in [3.05, 3.63) is 41.2 Å². The van der Waals surface area contributed by atoms with Gasteiger partial charge in [0.15, 0.2) is 0 Å². The molecule has 2 N–H and O–H groups in total. The summed E-state index contributed by atoms with van der Waals surface area (Å²) in [4.78, 5) is 11.1. The lowest BCUT2D eigenvalue weighted by molar-refractivity contribution is 0.0600. The molecule has 1 aromatic rings. The summed E-state index contributed by atoms with van der Waals surface area (Å²) in [5.74, 6) is -1.02. The van der Waals surface area contributed by atoms with E-state index in [1.165, 1.54) is 19.2 Å². The standard InChI is InChI=1S/C11H12FNO2/c1-15-11(14)9-5-4-8(3-2-6-13)10(12)7-9/h2-5,7H,6,13H2,1H3/b3-2+. The first kappa shape index (κ1) is 11.4. The summed E-state index contributed by atoms with van der Waals surface area (Å²) in [5.41, 5.74) is 5.83. The molecule has 0 spiro atoms. The van der Waals surface area contributed by atoms with Crippen LogP contribution in [0.15, 0.2) is 24.3 Å². The monoisotopic (exact) mass is 209 g/mol. The van der Waals surface area contributed by atoms with Crippen molar-refractivity contribution in [2.75, 3.05) is 13.7 Å². The summed E-state index contributed by atoms with van der Waals surface area (Å²) in [6, 6.07) is 4.15. The molecule has 0 fully saturated rings. The van der Waals surface area contributed by atoms with E-state index in [2.05, 4.69) is 4.74 Å². The Bertz CT molecular complexity index is 388. The largest absolute Gasteiger partial charge is 0.465 e. The number of nitrogens with two attached hydrogens (primary N) is 1. The molecule has 0 saturated heterocycles. The molecule has 0 aliphatic rings. The highest BCUT2D eigenvalue weighted by atomic mass is 19.1. The molecule has 0 bridgehead atoms. The number of halogens is 1. The number of methoxy groups -OCH3 is 1. The van der Waals surface area contributed by atoms with Crippen LogP contribution in [-0.4, -0.2) is 19.6 Å². The lowest BCUT2D eigenvalue weighted by Gasteiger charge is -2.01. The molecular formula is C11H12FNO2. The normalized spacial score (nSPS) is 10.6. The molecule has 0 atom stereocenters. The summed E-state index contributed by atoms with van der Waals surface area (Å²) >= 11 is 0. The summed E-state index contributed by atoms with van der Waals surface area (Å²) in [6.07, 6.45) is 3.20. The van der Waals surface area contributed by atoms with Crippen molar-refractivity contribution in [2.24, 2.45) is 5.73 Å². The minimum absolute atomic E-state index is 0.194. The first-order chi connectivity index (χ1) is 7.19. The smallest absolute Gasteiger partial charge is 0.337 e. The van der Waals surface area contributed by atoms with Crippen molar-refractivity contribution in [2.45, 2.75) is 0 Å². The second-order valence-corrected chi connectivity index (χ2v) is 2.87.